The van der Waals surface area contributed by atoms with E-state index in [0.717, 1.165) is 12.0 Å². The third-order valence-electron chi connectivity index (χ3n) is 3.21. The minimum Gasteiger partial charge on any atom is -0.391 e. The van der Waals surface area contributed by atoms with Crippen molar-refractivity contribution in [3.63, 3.8) is 0 Å². The number of hydrogen-bond acceptors (Lipinski definition) is 5. The molecule has 0 aliphatic carbocycles. The van der Waals surface area contributed by atoms with Gasteiger partial charge in [-0.05, 0) is 18.8 Å². The fourth-order valence-electron chi connectivity index (χ4n) is 2.04. The van der Waals surface area contributed by atoms with E-state index in [2.05, 4.69) is 56.8 Å². The maximum atomic E-state index is 10.1. The molecule has 120 valence electrons. The molecule has 1 heterocycles. The van der Waals surface area contributed by atoms with Crippen LogP contribution in [0.3, 0.4) is 0 Å². The Kier molecular flexibility index (Phi) is 5.20. The van der Waals surface area contributed by atoms with E-state index in [0.29, 0.717) is 24.0 Å². The van der Waals surface area contributed by atoms with Crippen molar-refractivity contribution in [3.05, 3.63) is 11.4 Å². The number of anilines is 2. The maximum absolute atomic E-state index is 10.1. The van der Waals surface area contributed by atoms with Crippen LogP contribution in [0.25, 0.3) is 0 Å². The van der Waals surface area contributed by atoms with Gasteiger partial charge in [0.1, 0.15) is 17.5 Å². The smallest absolute Gasteiger partial charge is 0.138 e. The van der Waals surface area contributed by atoms with Gasteiger partial charge in [0.05, 0.1) is 6.10 Å². The summed E-state index contributed by atoms with van der Waals surface area (Å²) in [7, 11) is 0. The Morgan fingerprint density at radius 2 is 1.71 bits per heavy atom. The van der Waals surface area contributed by atoms with E-state index in [4.69, 9.17) is 5.73 Å². The zero-order valence-electron chi connectivity index (χ0n) is 14.4. The zero-order chi connectivity index (χ0) is 16.4. The Morgan fingerprint density at radius 3 is 2.19 bits per heavy atom. The number of aromatic nitrogens is 2. The molecule has 5 heteroatoms. The van der Waals surface area contributed by atoms with Crippen LogP contribution in [0.5, 0.6) is 0 Å². The summed E-state index contributed by atoms with van der Waals surface area (Å²) in [6.07, 6.45) is 0.310. The number of nitrogens with two attached hydrogens (primary N) is 1. The van der Waals surface area contributed by atoms with Gasteiger partial charge in [-0.3, -0.25) is 0 Å². The highest BCUT2D eigenvalue weighted by atomic mass is 16.3. The Morgan fingerprint density at radius 1 is 1.14 bits per heavy atom. The van der Waals surface area contributed by atoms with Gasteiger partial charge in [-0.1, -0.05) is 41.5 Å². The van der Waals surface area contributed by atoms with Crippen molar-refractivity contribution in [1.82, 2.24) is 9.97 Å². The number of rotatable bonds is 4. The number of nitrogens with zero attached hydrogens (tertiary/aromatic N) is 2. The summed E-state index contributed by atoms with van der Waals surface area (Å²) in [5.41, 5.74) is 6.73. The molecule has 1 rings (SSSR count). The maximum Gasteiger partial charge on any atom is 0.138 e. The number of aliphatic hydroxyl groups is 1. The first-order valence-electron chi connectivity index (χ1n) is 7.46. The number of nitrogens with one attached hydrogen (secondary N) is 1. The van der Waals surface area contributed by atoms with E-state index in [9.17, 15) is 5.11 Å². The molecule has 4 N–H and O–H groups in total. The molecule has 1 aromatic heterocycles. The van der Waals surface area contributed by atoms with Crippen LogP contribution >= 0.6 is 0 Å². The summed E-state index contributed by atoms with van der Waals surface area (Å²) in [6.45, 7) is 14.8. The summed E-state index contributed by atoms with van der Waals surface area (Å²) in [5, 5.41) is 13.3. The molecule has 0 saturated heterocycles. The van der Waals surface area contributed by atoms with E-state index < -0.39 is 6.10 Å². The van der Waals surface area contributed by atoms with Crippen LogP contribution in [0.1, 0.15) is 59.4 Å². The molecule has 1 unspecified atom stereocenters. The summed E-state index contributed by atoms with van der Waals surface area (Å²) in [6, 6.07) is 0. The molecule has 1 aromatic rings. The Hall–Kier alpha value is -1.36. The third kappa shape index (κ3) is 5.50. The molecule has 0 aromatic carbocycles. The lowest BCUT2D eigenvalue weighted by atomic mass is 9.89. The first-order chi connectivity index (χ1) is 9.40. The highest BCUT2D eigenvalue weighted by Gasteiger charge is 2.21. The van der Waals surface area contributed by atoms with Crippen molar-refractivity contribution in [1.29, 1.82) is 0 Å². The van der Waals surface area contributed by atoms with E-state index in [-0.39, 0.29) is 10.8 Å². The van der Waals surface area contributed by atoms with Crippen molar-refractivity contribution in [2.45, 2.75) is 66.4 Å². The molecule has 0 bridgehead atoms. The topological polar surface area (TPSA) is 84.1 Å². The van der Waals surface area contributed by atoms with Crippen LogP contribution in [0.4, 0.5) is 11.6 Å². The Bertz CT molecular complexity index is 486. The van der Waals surface area contributed by atoms with Crippen molar-refractivity contribution in [3.8, 4) is 0 Å². The van der Waals surface area contributed by atoms with Crippen LogP contribution in [0.15, 0.2) is 0 Å². The second-order valence-corrected chi connectivity index (χ2v) is 7.96. The summed E-state index contributed by atoms with van der Waals surface area (Å²) < 4.78 is 0. The van der Waals surface area contributed by atoms with Crippen LogP contribution in [-0.2, 0) is 5.41 Å². The molecule has 0 spiro atoms. The SMILES string of the molecule is Cc1c(N)nc(C(C)(C)C)nc1NCC(O)CC(C)(C)C. The lowest BCUT2D eigenvalue weighted by molar-refractivity contribution is 0.132. The minimum atomic E-state index is -0.418. The predicted octanol–water partition coefficient (Wildman–Crippen LogP) is 2.87. The van der Waals surface area contributed by atoms with E-state index >= 15 is 0 Å². The largest absolute Gasteiger partial charge is 0.391 e. The van der Waals surface area contributed by atoms with Crippen molar-refractivity contribution < 1.29 is 5.11 Å². The molecule has 0 aliphatic heterocycles. The number of aliphatic hydroxyl groups excluding tert-OH is 1. The average molecular weight is 294 g/mol. The standard InChI is InChI=1S/C16H30N4O/c1-10-12(17)19-14(16(5,6)7)20-13(10)18-9-11(21)8-15(2,3)4/h11,21H,8-9H2,1-7H3,(H3,17,18,19,20). The van der Waals surface area contributed by atoms with E-state index in [1.54, 1.807) is 0 Å². The quantitative estimate of drug-likeness (QED) is 0.795. The van der Waals surface area contributed by atoms with E-state index in [1.807, 2.05) is 6.92 Å². The minimum absolute atomic E-state index is 0.0947. The summed E-state index contributed by atoms with van der Waals surface area (Å²) in [4.78, 5) is 8.91. The molecule has 0 radical (unpaired) electrons. The monoisotopic (exact) mass is 294 g/mol. The van der Waals surface area contributed by atoms with Gasteiger partial charge in [0, 0.05) is 17.5 Å². The summed E-state index contributed by atoms with van der Waals surface area (Å²) in [5.74, 6) is 1.90. The van der Waals surface area contributed by atoms with E-state index in [1.165, 1.54) is 0 Å². The number of nitrogen functional groups attached to an aromatic ring is 1. The highest BCUT2D eigenvalue weighted by Crippen LogP contribution is 2.25. The Labute approximate surface area is 128 Å². The van der Waals surface area contributed by atoms with Crippen LogP contribution in [-0.4, -0.2) is 27.7 Å². The molecule has 0 aliphatic rings. The normalized spacial score (nSPS) is 14.1. The van der Waals surface area contributed by atoms with Crippen molar-refractivity contribution in [2.75, 3.05) is 17.6 Å². The third-order valence-corrected chi connectivity index (χ3v) is 3.21. The first kappa shape index (κ1) is 17.7. The molecule has 0 amide bonds. The first-order valence-corrected chi connectivity index (χ1v) is 7.46. The predicted molar refractivity (Wildman–Crippen MR) is 88.4 cm³/mol. The number of hydrogen-bond donors (Lipinski definition) is 3. The molecular formula is C16H30N4O. The second kappa shape index (κ2) is 6.18. The van der Waals surface area contributed by atoms with Crippen LogP contribution in [0.2, 0.25) is 0 Å². The van der Waals surface area contributed by atoms with Gasteiger partial charge in [0.25, 0.3) is 0 Å². The van der Waals surface area contributed by atoms with Crippen molar-refractivity contribution in [2.24, 2.45) is 5.41 Å². The van der Waals surface area contributed by atoms with Gasteiger partial charge in [0.15, 0.2) is 0 Å². The fourth-order valence-corrected chi connectivity index (χ4v) is 2.04. The van der Waals surface area contributed by atoms with Gasteiger partial charge >= 0.3 is 0 Å². The van der Waals surface area contributed by atoms with Gasteiger partial charge in [-0.25, -0.2) is 9.97 Å². The molecule has 0 saturated carbocycles. The van der Waals surface area contributed by atoms with Gasteiger partial charge < -0.3 is 16.2 Å². The fraction of sp³-hybridized carbons (Fsp3) is 0.750. The van der Waals surface area contributed by atoms with Crippen LogP contribution in [0, 0.1) is 12.3 Å². The lowest BCUT2D eigenvalue weighted by Gasteiger charge is -2.24. The van der Waals surface area contributed by atoms with Gasteiger partial charge in [0.2, 0.25) is 0 Å². The average Bonchev–Trinajstić information content (AvgIpc) is 2.27. The molecule has 21 heavy (non-hydrogen) atoms. The summed E-state index contributed by atoms with van der Waals surface area (Å²) >= 11 is 0. The van der Waals surface area contributed by atoms with Crippen LogP contribution < -0.4 is 11.1 Å². The van der Waals surface area contributed by atoms with Crippen molar-refractivity contribution >= 4 is 11.6 Å². The second-order valence-electron chi connectivity index (χ2n) is 7.96. The molecular weight excluding hydrogens is 264 g/mol. The van der Waals surface area contributed by atoms with Gasteiger partial charge in [-0.15, -0.1) is 0 Å². The lowest BCUT2D eigenvalue weighted by Crippen LogP contribution is -2.26. The Balaban J connectivity index is 2.86. The molecule has 5 nitrogen and oxygen atoms in total. The molecule has 1 atom stereocenters. The van der Waals surface area contributed by atoms with Gasteiger partial charge in [-0.2, -0.15) is 0 Å². The highest BCUT2D eigenvalue weighted by molar-refractivity contribution is 5.55. The molecule has 0 fully saturated rings. The zero-order valence-corrected chi connectivity index (χ0v) is 14.4.